The molecule has 2 N–H and O–H groups in total. The maximum Gasteiger partial charge on any atom is 0.326 e. The van der Waals surface area contributed by atoms with Crippen LogP contribution in [0.4, 0.5) is 0 Å². The fourth-order valence-corrected chi connectivity index (χ4v) is 2.07. The first-order valence-electron chi connectivity index (χ1n) is 4.70. The molecule has 2 atom stereocenters. The van der Waals surface area contributed by atoms with E-state index in [0.717, 1.165) is 10.0 Å². The molecule has 0 amide bonds. The lowest BCUT2D eigenvalue weighted by molar-refractivity contribution is -0.143. The number of benzene rings is 1. The van der Waals surface area contributed by atoms with Crippen molar-refractivity contribution in [1.82, 2.24) is 0 Å². The van der Waals surface area contributed by atoms with E-state index in [2.05, 4.69) is 20.7 Å². The van der Waals surface area contributed by atoms with Gasteiger partial charge in [0.2, 0.25) is 0 Å². The number of nitrogens with two attached hydrogens (primary N) is 1. The number of esters is 1. The summed E-state index contributed by atoms with van der Waals surface area (Å²) in [6.07, 6.45) is 0.668. The summed E-state index contributed by atoms with van der Waals surface area (Å²) in [6.45, 7) is 0. The largest absolute Gasteiger partial charge is 0.468 e. The second-order valence-electron chi connectivity index (χ2n) is 3.84. The van der Waals surface area contributed by atoms with E-state index in [1.807, 2.05) is 24.3 Å². The molecule has 15 heavy (non-hydrogen) atoms. The second-order valence-corrected chi connectivity index (χ2v) is 4.76. The lowest BCUT2D eigenvalue weighted by atomic mass is 10.1. The Bertz CT molecular complexity index is 390. The minimum absolute atomic E-state index is 0.0954. The maximum absolute atomic E-state index is 11.4. The molecular weight excluding hydrogens is 258 g/mol. The number of ether oxygens (including phenoxy) is 1. The van der Waals surface area contributed by atoms with Crippen LogP contribution in [0.3, 0.4) is 0 Å². The Morgan fingerprint density at radius 1 is 1.53 bits per heavy atom. The zero-order valence-corrected chi connectivity index (χ0v) is 9.95. The Morgan fingerprint density at radius 2 is 2.13 bits per heavy atom. The van der Waals surface area contributed by atoms with Gasteiger partial charge in [-0.2, -0.15) is 0 Å². The van der Waals surface area contributed by atoms with Gasteiger partial charge in [-0.15, -0.1) is 0 Å². The van der Waals surface area contributed by atoms with Gasteiger partial charge in [0, 0.05) is 10.4 Å². The zero-order valence-electron chi connectivity index (χ0n) is 8.37. The van der Waals surface area contributed by atoms with E-state index in [-0.39, 0.29) is 11.9 Å². The molecule has 2 unspecified atom stereocenters. The predicted octanol–water partition coefficient (Wildman–Crippen LogP) is 1.81. The number of carbonyl (C=O) groups excluding carboxylic acids is 1. The van der Waals surface area contributed by atoms with Crippen molar-refractivity contribution in [3.63, 3.8) is 0 Å². The van der Waals surface area contributed by atoms with Gasteiger partial charge < -0.3 is 10.5 Å². The zero-order chi connectivity index (χ0) is 11.1. The van der Waals surface area contributed by atoms with Gasteiger partial charge in [-0.1, -0.05) is 28.1 Å². The third kappa shape index (κ3) is 1.79. The van der Waals surface area contributed by atoms with Gasteiger partial charge in [-0.05, 0) is 24.1 Å². The molecular formula is C11H12BrNO2. The SMILES string of the molecule is COC(=O)C1(N)CC1c1ccc(Br)cc1. The molecule has 1 aliphatic rings. The maximum atomic E-state index is 11.4. The summed E-state index contributed by atoms with van der Waals surface area (Å²) < 4.78 is 5.70. The first kappa shape index (κ1) is 10.6. The molecule has 0 bridgehead atoms. The van der Waals surface area contributed by atoms with Crippen molar-refractivity contribution in [1.29, 1.82) is 0 Å². The van der Waals surface area contributed by atoms with E-state index >= 15 is 0 Å². The van der Waals surface area contributed by atoms with E-state index in [1.165, 1.54) is 7.11 Å². The average molecular weight is 270 g/mol. The molecule has 1 saturated carbocycles. The van der Waals surface area contributed by atoms with Gasteiger partial charge >= 0.3 is 5.97 Å². The minimum Gasteiger partial charge on any atom is -0.468 e. The molecule has 0 heterocycles. The standard InChI is InChI=1S/C11H12BrNO2/c1-15-10(14)11(13)6-9(11)7-2-4-8(12)5-3-7/h2-5,9H,6,13H2,1H3. The molecule has 80 valence electrons. The van der Waals surface area contributed by atoms with Crippen LogP contribution in [0.1, 0.15) is 17.9 Å². The summed E-state index contributed by atoms with van der Waals surface area (Å²) in [7, 11) is 1.37. The molecule has 0 aromatic heterocycles. The minimum atomic E-state index is -0.803. The van der Waals surface area contributed by atoms with E-state index < -0.39 is 5.54 Å². The highest BCUT2D eigenvalue weighted by Crippen LogP contribution is 2.50. The van der Waals surface area contributed by atoms with Crippen molar-refractivity contribution in [3.05, 3.63) is 34.3 Å². The van der Waals surface area contributed by atoms with Crippen molar-refractivity contribution in [2.45, 2.75) is 17.9 Å². The number of hydrogen-bond acceptors (Lipinski definition) is 3. The highest BCUT2D eigenvalue weighted by Gasteiger charge is 2.58. The van der Waals surface area contributed by atoms with Crippen molar-refractivity contribution >= 4 is 21.9 Å². The van der Waals surface area contributed by atoms with Crippen LogP contribution < -0.4 is 5.73 Å². The molecule has 0 saturated heterocycles. The number of halogens is 1. The predicted molar refractivity (Wildman–Crippen MR) is 60.4 cm³/mol. The monoisotopic (exact) mass is 269 g/mol. The Morgan fingerprint density at radius 3 is 2.67 bits per heavy atom. The lowest BCUT2D eigenvalue weighted by Crippen LogP contribution is -2.35. The van der Waals surface area contributed by atoms with Crippen LogP contribution in [-0.4, -0.2) is 18.6 Å². The number of methoxy groups -OCH3 is 1. The average Bonchev–Trinajstić information content (AvgIpc) is 2.92. The van der Waals surface area contributed by atoms with Gasteiger partial charge in [0.15, 0.2) is 0 Å². The van der Waals surface area contributed by atoms with Crippen LogP contribution in [0.25, 0.3) is 0 Å². The van der Waals surface area contributed by atoms with E-state index in [0.29, 0.717) is 6.42 Å². The van der Waals surface area contributed by atoms with Crippen molar-refractivity contribution in [3.8, 4) is 0 Å². The quantitative estimate of drug-likeness (QED) is 0.834. The van der Waals surface area contributed by atoms with Crippen LogP contribution in [-0.2, 0) is 9.53 Å². The molecule has 1 aromatic carbocycles. The van der Waals surface area contributed by atoms with Crippen LogP contribution >= 0.6 is 15.9 Å². The molecule has 0 aliphatic heterocycles. The van der Waals surface area contributed by atoms with Crippen LogP contribution in [0.5, 0.6) is 0 Å². The lowest BCUT2D eigenvalue weighted by Gasteiger charge is -2.08. The molecule has 1 fully saturated rings. The van der Waals surface area contributed by atoms with E-state index in [1.54, 1.807) is 0 Å². The molecule has 1 aromatic rings. The molecule has 3 nitrogen and oxygen atoms in total. The Balaban J connectivity index is 2.16. The first-order chi connectivity index (χ1) is 7.08. The van der Waals surface area contributed by atoms with Gasteiger partial charge in [0.25, 0.3) is 0 Å². The highest BCUT2D eigenvalue weighted by atomic mass is 79.9. The third-order valence-corrected chi connectivity index (χ3v) is 3.37. The molecule has 2 rings (SSSR count). The fraction of sp³-hybridized carbons (Fsp3) is 0.364. The molecule has 0 spiro atoms. The summed E-state index contributed by atoms with van der Waals surface area (Å²) >= 11 is 3.36. The van der Waals surface area contributed by atoms with Gasteiger partial charge in [0.05, 0.1) is 7.11 Å². The van der Waals surface area contributed by atoms with Crippen molar-refractivity contribution in [2.24, 2.45) is 5.73 Å². The molecule has 4 heteroatoms. The topological polar surface area (TPSA) is 52.3 Å². The number of hydrogen-bond donors (Lipinski definition) is 1. The summed E-state index contributed by atoms with van der Waals surface area (Å²) in [6, 6.07) is 7.86. The number of carbonyl (C=O) groups is 1. The fourth-order valence-electron chi connectivity index (χ4n) is 1.80. The number of rotatable bonds is 2. The van der Waals surface area contributed by atoms with Crippen LogP contribution in [0, 0.1) is 0 Å². The molecule has 0 radical (unpaired) electrons. The summed E-state index contributed by atoms with van der Waals surface area (Å²) in [5.74, 6) is -0.228. The van der Waals surface area contributed by atoms with Crippen LogP contribution in [0.15, 0.2) is 28.7 Å². The summed E-state index contributed by atoms with van der Waals surface area (Å²) in [5, 5.41) is 0. The first-order valence-corrected chi connectivity index (χ1v) is 5.50. The smallest absolute Gasteiger partial charge is 0.326 e. The third-order valence-electron chi connectivity index (χ3n) is 2.84. The normalized spacial score (nSPS) is 28.6. The van der Waals surface area contributed by atoms with Crippen molar-refractivity contribution < 1.29 is 9.53 Å². The summed E-state index contributed by atoms with van der Waals surface area (Å²) in [5.41, 5.74) is 6.21. The Kier molecular flexibility index (Phi) is 2.56. The summed E-state index contributed by atoms with van der Waals surface area (Å²) in [4.78, 5) is 11.4. The molecule has 1 aliphatic carbocycles. The van der Waals surface area contributed by atoms with Gasteiger partial charge in [-0.25, -0.2) is 0 Å². The van der Waals surface area contributed by atoms with E-state index in [9.17, 15) is 4.79 Å². The van der Waals surface area contributed by atoms with Crippen molar-refractivity contribution in [2.75, 3.05) is 7.11 Å². The van der Waals surface area contributed by atoms with Gasteiger partial charge in [0.1, 0.15) is 5.54 Å². The van der Waals surface area contributed by atoms with Crippen LogP contribution in [0.2, 0.25) is 0 Å². The van der Waals surface area contributed by atoms with E-state index in [4.69, 9.17) is 5.73 Å². The Hall–Kier alpha value is -0.870. The highest BCUT2D eigenvalue weighted by molar-refractivity contribution is 9.10. The Labute approximate surface area is 96.7 Å². The second kappa shape index (κ2) is 3.61. The van der Waals surface area contributed by atoms with Gasteiger partial charge in [-0.3, -0.25) is 4.79 Å².